The summed E-state index contributed by atoms with van der Waals surface area (Å²) >= 11 is 0. The molecule has 0 radical (unpaired) electrons. The van der Waals surface area contributed by atoms with E-state index < -0.39 is 0 Å². The molecule has 1 aliphatic rings. The first-order valence-electron chi connectivity index (χ1n) is 9.51. The summed E-state index contributed by atoms with van der Waals surface area (Å²) in [5, 5.41) is 0. The average molecular weight is 336 g/mol. The van der Waals surface area contributed by atoms with Crippen molar-refractivity contribution < 1.29 is 9.53 Å². The standard InChI is InChI=1S/C23H28O2/c1-3-18-11-8-12-19(4-2)23(18)21-15-20(13-14-22(21)24)25-16-17-9-6-5-7-10-17/h5-12,20-21H,3-4,13-16H2,1-2H3. The molecule has 2 aromatic carbocycles. The number of Topliss-reactive ketones (excluding diaryl/α,β-unsaturated/α-hetero) is 1. The third-order valence-electron chi connectivity index (χ3n) is 5.33. The van der Waals surface area contributed by atoms with Crippen LogP contribution in [0.25, 0.3) is 0 Å². The van der Waals surface area contributed by atoms with Gasteiger partial charge in [-0.15, -0.1) is 0 Å². The van der Waals surface area contributed by atoms with Crippen LogP contribution in [0.1, 0.15) is 61.3 Å². The largest absolute Gasteiger partial charge is 0.373 e. The summed E-state index contributed by atoms with van der Waals surface area (Å²) in [5.74, 6) is 0.385. The minimum absolute atomic E-state index is 0.000577. The van der Waals surface area contributed by atoms with E-state index in [0.717, 1.165) is 25.7 Å². The fourth-order valence-electron chi connectivity index (χ4n) is 3.94. The number of ether oxygens (including phenoxy) is 1. The highest BCUT2D eigenvalue weighted by atomic mass is 16.5. The Balaban J connectivity index is 1.76. The zero-order valence-corrected chi connectivity index (χ0v) is 15.3. The van der Waals surface area contributed by atoms with Gasteiger partial charge in [0.2, 0.25) is 0 Å². The molecule has 0 heterocycles. The molecule has 0 aromatic heterocycles. The molecule has 2 nitrogen and oxygen atoms in total. The predicted octanol–water partition coefficient (Wildman–Crippen LogP) is 5.23. The summed E-state index contributed by atoms with van der Waals surface area (Å²) in [7, 11) is 0. The summed E-state index contributed by atoms with van der Waals surface area (Å²) in [5.41, 5.74) is 5.12. The van der Waals surface area contributed by atoms with Crippen LogP contribution < -0.4 is 0 Å². The molecule has 0 N–H and O–H groups in total. The van der Waals surface area contributed by atoms with Gasteiger partial charge in [-0.3, -0.25) is 4.79 Å². The first-order chi connectivity index (χ1) is 12.2. The van der Waals surface area contributed by atoms with Crippen LogP contribution in [0.5, 0.6) is 0 Å². The topological polar surface area (TPSA) is 26.3 Å². The number of hydrogen-bond donors (Lipinski definition) is 0. The van der Waals surface area contributed by atoms with Crippen LogP contribution in [-0.4, -0.2) is 11.9 Å². The Labute approximate surface area is 151 Å². The molecule has 0 bridgehead atoms. The van der Waals surface area contributed by atoms with Crippen molar-refractivity contribution in [2.75, 3.05) is 0 Å². The highest BCUT2D eigenvalue weighted by Crippen LogP contribution is 2.36. The third-order valence-corrected chi connectivity index (χ3v) is 5.33. The molecule has 0 amide bonds. The van der Waals surface area contributed by atoms with Crippen molar-refractivity contribution in [1.29, 1.82) is 0 Å². The van der Waals surface area contributed by atoms with Gasteiger partial charge in [0.1, 0.15) is 5.78 Å². The first-order valence-corrected chi connectivity index (χ1v) is 9.51. The fraction of sp³-hybridized carbons (Fsp3) is 0.435. The first kappa shape index (κ1) is 17.9. The van der Waals surface area contributed by atoms with Crippen LogP contribution in [0.2, 0.25) is 0 Å². The van der Waals surface area contributed by atoms with E-state index in [9.17, 15) is 4.79 Å². The Hall–Kier alpha value is -1.93. The quantitative estimate of drug-likeness (QED) is 0.721. The number of aryl methyl sites for hydroxylation is 2. The Morgan fingerprint density at radius 3 is 2.28 bits per heavy atom. The second kappa shape index (κ2) is 8.44. The van der Waals surface area contributed by atoms with E-state index in [1.54, 1.807) is 0 Å². The van der Waals surface area contributed by atoms with Crippen molar-refractivity contribution in [2.24, 2.45) is 0 Å². The van der Waals surface area contributed by atoms with E-state index in [1.807, 2.05) is 18.2 Å². The van der Waals surface area contributed by atoms with Crippen LogP contribution in [0.15, 0.2) is 48.5 Å². The average Bonchev–Trinajstić information content (AvgIpc) is 2.67. The third kappa shape index (κ3) is 4.19. The Kier molecular flexibility index (Phi) is 6.04. The molecule has 132 valence electrons. The lowest BCUT2D eigenvalue weighted by Gasteiger charge is -2.31. The molecule has 0 saturated heterocycles. The molecule has 2 atom stereocenters. The minimum atomic E-state index is 0.000577. The Morgan fingerprint density at radius 2 is 1.64 bits per heavy atom. The van der Waals surface area contributed by atoms with Gasteiger partial charge < -0.3 is 4.74 Å². The normalized spacial score (nSPS) is 20.6. The maximum absolute atomic E-state index is 12.7. The minimum Gasteiger partial charge on any atom is -0.373 e. The molecule has 2 unspecified atom stereocenters. The summed E-state index contributed by atoms with van der Waals surface area (Å²) in [6.45, 7) is 4.98. The molecule has 2 aromatic rings. The van der Waals surface area contributed by atoms with Gasteiger partial charge >= 0.3 is 0 Å². The van der Waals surface area contributed by atoms with Gasteiger partial charge in [0.15, 0.2) is 0 Å². The van der Waals surface area contributed by atoms with Gasteiger partial charge in [0.25, 0.3) is 0 Å². The maximum atomic E-state index is 12.7. The van der Waals surface area contributed by atoms with Crippen molar-refractivity contribution in [3.8, 4) is 0 Å². The van der Waals surface area contributed by atoms with Crippen molar-refractivity contribution in [2.45, 2.75) is 64.6 Å². The van der Waals surface area contributed by atoms with Crippen molar-refractivity contribution in [3.63, 3.8) is 0 Å². The SMILES string of the molecule is CCc1cccc(CC)c1C1CC(OCc2ccccc2)CCC1=O. The highest BCUT2D eigenvalue weighted by molar-refractivity contribution is 5.87. The fourth-order valence-corrected chi connectivity index (χ4v) is 3.94. The number of ketones is 1. The Bertz CT molecular complexity index is 683. The molecule has 0 aliphatic heterocycles. The predicted molar refractivity (Wildman–Crippen MR) is 102 cm³/mol. The Morgan fingerprint density at radius 1 is 0.960 bits per heavy atom. The van der Waals surface area contributed by atoms with E-state index in [4.69, 9.17) is 4.74 Å². The van der Waals surface area contributed by atoms with Crippen LogP contribution in [0.4, 0.5) is 0 Å². The molecule has 3 rings (SSSR count). The maximum Gasteiger partial charge on any atom is 0.140 e. The van der Waals surface area contributed by atoms with Crippen LogP contribution in [-0.2, 0) is 29.0 Å². The lowest BCUT2D eigenvalue weighted by Crippen LogP contribution is -2.29. The molecule has 2 heteroatoms. The highest BCUT2D eigenvalue weighted by Gasteiger charge is 2.32. The van der Waals surface area contributed by atoms with Gasteiger partial charge in [0, 0.05) is 12.3 Å². The van der Waals surface area contributed by atoms with Gasteiger partial charge in [-0.1, -0.05) is 62.4 Å². The van der Waals surface area contributed by atoms with Gasteiger partial charge in [0.05, 0.1) is 12.7 Å². The van der Waals surface area contributed by atoms with E-state index in [-0.39, 0.29) is 12.0 Å². The van der Waals surface area contributed by atoms with Crippen LogP contribution in [0.3, 0.4) is 0 Å². The second-order valence-corrected chi connectivity index (χ2v) is 6.91. The van der Waals surface area contributed by atoms with Crippen molar-refractivity contribution in [3.05, 3.63) is 70.8 Å². The molecule has 25 heavy (non-hydrogen) atoms. The van der Waals surface area contributed by atoms with E-state index in [2.05, 4.69) is 44.2 Å². The lowest BCUT2D eigenvalue weighted by molar-refractivity contribution is -0.125. The number of hydrogen-bond acceptors (Lipinski definition) is 2. The van der Waals surface area contributed by atoms with Gasteiger partial charge in [-0.05, 0) is 47.9 Å². The number of rotatable bonds is 6. The van der Waals surface area contributed by atoms with Gasteiger partial charge in [-0.2, -0.15) is 0 Å². The van der Waals surface area contributed by atoms with Crippen LogP contribution in [0, 0.1) is 0 Å². The number of carbonyl (C=O) groups is 1. The number of benzene rings is 2. The van der Waals surface area contributed by atoms with Crippen molar-refractivity contribution >= 4 is 5.78 Å². The zero-order valence-electron chi connectivity index (χ0n) is 15.3. The zero-order chi connectivity index (χ0) is 17.6. The number of carbonyl (C=O) groups excluding carboxylic acids is 1. The van der Waals surface area contributed by atoms with E-state index >= 15 is 0 Å². The van der Waals surface area contributed by atoms with E-state index in [1.165, 1.54) is 22.3 Å². The summed E-state index contributed by atoms with van der Waals surface area (Å²) in [6, 6.07) is 16.8. The lowest BCUT2D eigenvalue weighted by atomic mass is 9.77. The summed E-state index contributed by atoms with van der Waals surface area (Å²) in [6.07, 6.45) is 4.40. The van der Waals surface area contributed by atoms with E-state index in [0.29, 0.717) is 18.8 Å². The van der Waals surface area contributed by atoms with Crippen molar-refractivity contribution in [1.82, 2.24) is 0 Å². The molecule has 1 aliphatic carbocycles. The summed E-state index contributed by atoms with van der Waals surface area (Å²) in [4.78, 5) is 12.7. The molecular weight excluding hydrogens is 308 g/mol. The summed E-state index contributed by atoms with van der Waals surface area (Å²) < 4.78 is 6.16. The van der Waals surface area contributed by atoms with Crippen LogP contribution >= 0.6 is 0 Å². The molecule has 1 fully saturated rings. The smallest absolute Gasteiger partial charge is 0.140 e. The second-order valence-electron chi connectivity index (χ2n) is 6.91. The molecule has 1 saturated carbocycles. The monoisotopic (exact) mass is 336 g/mol. The molecular formula is C23H28O2. The molecule has 0 spiro atoms. The van der Waals surface area contributed by atoms with Gasteiger partial charge in [-0.25, -0.2) is 0 Å².